The van der Waals surface area contributed by atoms with Crippen molar-refractivity contribution in [3.8, 4) is 0 Å². The van der Waals surface area contributed by atoms with Crippen molar-refractivity contribution in [1.29, 1.82) is 0 Å². The number of rotatable bonds is 3. The maximum atomic E-state index is 12.6. The fourth-order valence-electron chi connectivity index (χ4n) is 2.17. The van der Waals surface area contributed by atoms with Crippen LogP contribution in [0.25, 0.3) is 0 Å². The Morgan fingerprint density at radius 3 is 2.79 bits per heavy atom. The van der Waals surface area contributed by atoms with Gasteiger partial charge in [0.15, 0.2) is 0 Å². The van der Waals surface area contributed by atoms with Gasteiger partial charge in [-0.2, -0.15) is 4.31 Å². The van der Waals surface area contributed by atoms with Crippen LogP contribution >= 0.6 is 27.5 Å². The number of nitrogens with zero attached hydrogens (tertiary/aromatic N) is 1. The molecule has 0 radical (unpaired) electrons. The molecule has 4 nitrogen and oxygen atoms in total. The Morgan fingerprint density at radius 2 is 2.21 bits per heavy atom. The molecule has 0 bridgehead atoms. The summed E-state index contributed by atoms with van der Waals surface area (Å²) < 4.78 is 27.1. The maximum absolute atomic E-state index is 12.6. The Bertz CT molecular complexity index is 593. The highest BCUT2D eigenvalue weighted by molar-refractivity contribution is 9.10. The third-order valence-corrected chi connectivity index (χ3v) is 7.10. The fraction of sp³-hybridized carbons (Fsp3) is 0.500. The molecule has 0 saturated carbocycles. The van der Waals surface area contributed by atoms with E-state index >= 15 is 0 Å². The van der Waals surface area contributed by atoms with E-state index in [9.17, 15) is 8.42 Å². The number of hydrogen-bond donors (Lipinski definition) is 1. The lowest BCUT2D eigenvalue weighted by Crippen LogP contribution is -2.34. The molecule has 1 aliphatic rings. The summed E-state index contributed by atoms with van der Waals surface area (Å²) in [6.07, 6.45) is 0.779. The molecule has 0 spiro atoms. The van der Waals surface area contributed by atoms with Crippen LogP contribution in [0.3, 0.4) is 0 Å². The van der Waals surface area contributed by atoms with Crippen molar-refractivity contribution < 1.29 is 8.42 Å². The van der Waals surface area contributed by atoms with Crippen LogP contribution in [0, 0.1) is 5.41 Å². The molecule has 106 valence electrons. The summed E-state index contributed by atoms with van der Waals surface area (Å²) in [6, 6.07) is 4.85. The monoisotopic (exact) mass is 366 g/mol. The molecule has 1 atom stereocenters. The Labute approximate surface area is 127 Å². The second-order valence-corrected chi connectivity index (χ2v) is 8.26. The van der Waals surface area contributed by atoms with Crippen molar-refractivity contribution >= 4 is 37.6 Å². The van der Waals surface area contributed by atoms with E-state index in [1.165, 1.54) is 4.31 Å². The number of sulfonamides is 1. The predicted molar refractivity (Wildman–Crippen MR) is 79.7 cm³/mol. The predicted octanol–water partition coefficient (Wildman–Crippen LogP) is 2.46. The molecule has 0 aliphatic carbocycles. The van der Waals surface area contributed by atoms with Gasteiger partial charge in [-0.15, -0.1) is 0 Å². The normalized spacial score (nSPS) is 24.8. The first-order valence-electron chi connectivity index (χ1n) is 5.94. The minimum absolute atomic E-state index is 0.141. The number of nitrogens with two attached hydrogens (primary N) is 1. The quantitative estimate of drug-likeness (QED) is 0.892. The molecule has 1 aromatic rings. The second kappa shape index (κ2) is 5.33. The van der Waals surface area contributed by atoms with Gasteiger partial charge in [0.05, 0.1) is 14.4 Å². The van der Waals surface area contributed by atoms with Crippen LogP contribution in [-0.2, 0) is 10.0 Å². The average molecular weight is 368 g/mol. The van der Waals surface area contributed by atoms with E-state index in [-0.39, 0.29) is 10.3 Å². The van der Waals surface area contributed by atoms with Crippen LogP contribution < -0.4 is 5.73 Å². The molecular weight excluding hydrogens is 352 g/mol. The number of halogens is 2. The summed E-state index contributed by atoms with van der Waals surface area (Å²) in [5.74, 6) is 0. The standard InChI is InChI=1S/C12H16BrClN2O2S/c1-12(7-15)5-6-16(8-12)19(17,18)10-4-2-3-9(14)11(10)13/h2-4H,5-8,15H2,1H3. The first-order valence-corrected chi connectivity index (χ1v) is 8.55. The Kier molecular flexibility index (Phi) is 4.28. The van der Waals surface area contributed by atoms with Crippen LogP contribution in [0.1, 0.15) is 13.3 Å². The summed E-state index contributed by atoms with van der Waals surface area (Å²) in [4.78, 5) is 0.210. The molecule has 1 fully saturated rings. The van der Waals surface area contributed by atoms with Crippen LogP contribution in [0.5, 0.6) is 0 Å². The van der Waals surface area contributed by atoms with Gasteiger partial charge in [0.25, 0.3) is 0 Å². The summed E-state index contributed by atoms with van der Waals surface area (Å²) in [5, 5.41) is 0.391. The maximum Gasteiger partial charge on any atom is 0.244 e. The zero-order chi connectivity index (χ0) is 14.3. The SMILES string of the molecule is CC1(CN)CCN(S(=O)(=O)c2cccc(Cl)c2Br)C1. The molecule has 0 amide bonds. The van der Waals surface area contributed by atoms with Gasteiger partial charge < -0.3 is 5.73 Å². The first-order chi connectivity index (χ1) is 8.80. The van der Waals surface area contributed by atoms with E-state index in [0.29, 0.717) is 29.1 Å². The fourth-order valence-corrected chi connectivity index (χ4v) is 4.96. The van der Waals surface area contributed by atoms with Gasteiger partial charge in [-0.1, -0.05) is 24.6 Å². The summed E-state index contributed by atoms with van der Waals surface area (Å²) >= 11 is 9.21. The smallest absolute Gasteiger partial charge is 0.244 e. The number of hydrogen-bond acceptors (Lipinski definition) is 3. The zero-order valence-corrected chi connectivity index (χ0v) is 13.7. The zero-order valence-electron chi connectivity index (χ0n) is 10.6. The molecule has 19 heavy (non-hydrogen) atoms. The van der Waals surface area contributed by atoms with Crippen molar-refractivity contribution in [2.75, 3.05) is 19.6 Å². The van der Waals surface area contributed by atoms with E-state index in [2.05, 4.69) is 15.9 Å². The van der Waals surface area contributed by atoms with Gasteiger partial charge in [-0.25, -0.2) is 8.42 Å². The van der Waals surface area contributed by atoms with E-state index in [1.54, 1.807) is 18.2 Å². The van der Waals surface area contributed by atoms with E-state index in [0.717, 1.165) is 6.42 Å². The molecule has 0 aromatic heterocycles. The van der Waals surface area contributed by atoms with E-state index < -0.39 is 10.0 Å². The lowest BCUT2D eigenvalue weighted by molar-refractivity contribution is 0.349. The van der Waals surface area contributed by atoms with Gasteiger partial charge in [0.1, 0.15) is 0 Å². The van der Waals surface area contributed by atoms with Crippen LogP contribution in [0.15, 0.2) is 27.6 Å². The van der Waals surface area contributed by atoms with Crippen molar-refractivity contribution in [3.05, 3.63) is 27.7 Å². The van der Waals surface area contributed by atoms with Crippen molar-refractivity contribution in [1.82, 2.24) is 4.31 Å². The highest BCUT2D eigenvalue weighted by Crippen LogP contribution is 2.36. The first kappa shape index (κ1) is 15.3. The average Bonchev–Trinajstić information content (AvgIpc) is 2.77. The minimum Gasteiger partial charge on any atom is -0.330 e. The molecular formula is C12H16BrClN2O2S. The van der Waals surface area contributed by atoms with E-state index in [1.807, 2.05) is 6.92 Å². The molecule has 1 heterocycles. The summed E-state index contributed by atoms with van der Waals surface area (Å²) in [5.41, 5.74) is 5.57. The number of benzene rings is 1. The molecule has 1 saturated heterocycles. The Balaban J connectivity index is 2.37. The molecule has 2 N–H and O–H groups in total. The molecule has 2 rings (SSSR count). The van der Waals surface area contributed by atoms with Gasteiger partial charge in [-0.05, 0) is 46.4 Å². The molecule has 1 unspecified atom stereocenters. The Hall–Kier alpha value is -0.140. The van der Waals surface area contributed by atoms with Crippen molar-refractivity contribution in [3.63, 3.8) is 0 Å². The largest absolute Gasteiger partial charge is 0.330 e. The lowest BCUT2D eigenvalue weighted by atomic mass is 9.90. The van der Waals surface area contributed by atoms with Gasteiger partial charge >= 0.3 is 0 Å². The topological polar surface area (TPSA) is 63.4 Å². The van der Waals surface area contributed by atoms with E-state index in [4.69, 9.17) is 17.3 Å². The minimum atomic E-state index is -3.53. The highest BCUT2D eigenvalue weighted by atomic mass is 79.9. The van der Waals surface area contributed by atoms with Gasteiger partial charge in [0.2, 0.25) is 10.0 Å². The van der Waals surface area contributed by atoms with Gasteiger partial charge in [0, 0.05) is 13.1 Å². The summed E-state index contributed by atoms with van der Waals surface area (Å²) in [6.45, 7) is 3.44. The molecule has 7 heteroatoms. The van der Waals surface area contributed by atoms with Crippen molar-refractivity contribution in [2.45, 2.75) is 18.2 Å². The second-order valence-electron chi connectivity index (χ2n) is 5.16. The molecule has 1 aromatic carbocycles. The summed E-state index contributed by atoms with van der Waals surface area (Å²) in [7, 11) is -3.53. The van der Waals surface area contributed by atoms with Crippen LogP contribution in [-0.4, -0.2) is 32.4 Å². The third kappa shape index (κ3) is 2.83. The van der Waals surface area contributed by atoms with Crippen LogP contribution in [0.2, 0.25) is 5.02 Å². The third-order valence-electron chi connectivity index (χ3n) is 3.55. The highest BCUT2D eigenvalue weighted by Gasteiger charge is 2.39. The lowest BCUT2D eigenvalue weighted by Gasteiger charge is -2.22. The van der Waals surface area contributed by atoms with Crippen molar-refractivity contribution in [2.24, 2.45) is 11.1 Å². The molecule has 1 aliphatic heterocycles. The Morgan fingerprint density at radius 1 is 1.53 bits per heavy atom. The van der Waals surface area contributed by atoms with Crippen LogP contribution in [0.4, 0.5) is 0 Å². The van der Waals surface area contributed by atoms with Gasteiger partial charge in [-0.3, -0.25) is 0 Å².